The van der Waals surface area contributed by atoms with Gasteiger partial charge >= 0.3 is 0 Å². The van der Waals surface area contributed by atoms with E-state index in [-0.39, 0.29) is 17.6 Å². The topological polar surface area (TPSA) is 74.5 Å². The van der Waals surface area contributed by atoms with Crippen molar-refractivity contribution in [2.45, 2.75) is 31.7 Å². The summed E-state index contributed by atoms with van der Waals surface area (Å²) in [5.41, 5.74) is 0.837. The van der Waals surface area contributed by atoms with E-state index in [0.717, 1.165) is 43.1 Å². The Kier molecular flexibility index (Phi) is 5.56. The SMILES string of the molecule is CN(C)Cc1nnc([C@H]2CCCN(C(=O)Cc3cccc(O)c3)C2)n1C. The molecule has 1 aromatic carbocycles. The molecule has 1 N–H and O–H groups in total. The molecule has 26 heavy (non-hydrogen) atoms. The monoisotopic (exact) mass is 357 g/mol. The van der Waals surface area contributed by atoms with Crippen molar-refractivity contribution in [1.29, 1.82) is 0 Å². The molecule has 1 aliphatic heterocycles. The lowest BCUT2D eigenvalue weighted by molar-refractivity contribution is -0.131. The van der Waals surface area contributed by atoms with Crippen molar-refractivity contribution in [3.05, 3.63) is 41.5 Å². The molecular formula is C19H27N5O2. The van der Waals surface area contributed by atoms with Crippen molar-refractivity contribution in [2.24, 2.45) is 7.05 Å². The molecule has 3 rings (SSSR count). The fourth-order valence-corrected chi connectivity index (χ4v) is 3.52. The van der Waals surface area contributed by atoms with E-state index in [2.05, 4.69) is 19.7 Å². The van der Waals surface area contributed by atoms with Crippen LogP contribution in [0.1, 0.15) is 36.0 Å². The Morgan fingerprint density at radius 2 is 2.15 bits per heavy atom. The number of aromatic hydroxyl groups is 1. The van der Waals surface area contributed by atoms with Gasteiger partial charge in [0.2, 0.25) is 5.91 Å². The van der Waals surface area contributed by atoms with E-state index < -0.39 is 0 Å². The lowest BCUT2D eigenvalue weighted by atomic mass is 9.96. The Morgan fingerprint density at radius 3 is 2.88 bits per heavy atom. The molecular weight excluding hydrogens is 330 g/mol. The van der Waals surface area contributed by atoms with E-state index in [1.807, 2.05) is 32.1 Å². The van der Waals surface area contributed by atoms with Crippen molar-refractivity contribution in [3.63, 3.8) is 0 Å². The number of piperidine rings is 1. The van der Waals surface area contributed by atoms with Gasteiger partial charge in [-0.3, -0.25) is 4.79 Å². The zero-order valence-corrected chi connectivity index (χ0v) is 15.7. The first-order valence-electron chi connectivity index (χ1n) is 9.02. The number of carbonyl (C=O) groups is 1. The first kappa shape index (κ1) is 18.4. The molecule has 1 atom stereocenters. The third-order valence-electron chi connectivity index (χ3n) is 4.86. The van der Waals surface area contributed by atoms with Gasteiger partial charge in [0.05, 0.1) is 13.0 Å². The number of phenolic OH excluding ortho intramolecular Hbond substituents is 1. The lowest BCUT2D eigenvalue weighted by Crippen LogP contribution is -2.40. The number of rotatable bonds is 5. The van der Waals surface area contributed by atoms with Crippen LogP contribution in [0.5, 0.6) is 5.75 Å². The Hall–Kier alpha value is -2.41. The Morgan fingerprint density at radius 1 is 1.35 bits per heavy atom. The third-order valence-corrected chi connectivity index (χ3v) is 4.86. The average Bonchev–Trinajstić information content (AvgIpc) is 2.95. The number of likely N-dealkylation sites (tertiary alicyclic amines) is 1. The van der Waals surface area contributed by atoms with Crippen molar-refractivity contribution < 1.29 is 9.90 Å². The van der Waals surface area contributed by atoms with Crippen LogP contribution in [0.3, 0.4) is 0 Å². The summed E-state index contributed by atoms with van der Waals surface area (Å²) in [7, 11) is 6.02. The number of carbonyl (C=O) groups excluding carboxylic acids is 1. The molecule has 1 aliphatic rings. The predicted molar refractivity (Wildman–Crippen MR) is 98.8 cm³/mol. The van der Waals surface area contributed by atoms with E-state index in [9.17, 15) is 9.90 Å². The van der Waals surface area contributed by atoms with Crippen LogP contribution < -0.4 is 0 Å². The normalized spacial score (nSPS) is 17.7. The molecule has 0 bridgehead atoms. The molecule has 1 fully saturated rings. The smallest absolute Gasteiger partial charge is 0.227 e. The van der Waals surface area contributed by atoms with Gasteiger partial charge < -0.3 is 19.5 Å². The molecule has 7 nitrogen and oxygen atoms in total. The van der Waals surface area contributed by atoms with Crippen molar-refractivity contribution in [1.82, 2.24) is 24.6 Å². The predicted octanol–water partition coefficient (Wildman–Crippen LogP) is 1.53. The number of aromatic nitrogens is 3. The second-order valence-corrected chi connectivity index (χ2v) is 7.30. The minimum Gasteiger partial charge on any atom is -0.508 e. The highest BCUT2D eigenvalue weighted by atomic mass is 16.3. The second-order valence-electron chi connectivity index (χ2n) is 7.30. The van der Waals surface area contributed by atoms with Crippen LogP contribution in [-0.4, -0.2) is 62.8 Å². The van der Waals surface area contributed by atoms with Crippen LogP contribution in [0.2, 0.25) is 0 Å². The van der Waals surface area contributed by atoms with Gasteiger partial charge in [0.15, 0.2) is 0 Å². The molecule has 2 aromatic rings. The average molecular weight is 357 g/mol. The summed E-state index contributed by atoms with van der Waals surface area (Å²) in [6.45, 7) is 2.19. The van der Waals surface area contributed by atoms with Gasteiger partial charge in [0.25, 0.3) is 0 Å². The molecule has 7 heteroatoms. The fraction of sp³-hybridized carbons (Fsp3) is 0.526. The van der Waals surface area contributed by atoms with Gasteiger partial charge in [-0.1, -0.05) is 12.1 Å². The molecule has 1 amide bonds. The van der Waals surface area contributed by atoms with Gasteiger partial charge in [-0.2, -0.15) is 0 Å². The number of hydrogen-bond acceptors (Lipinski definition) is 5. The molecule has 0 saturated carbocycles. The Balaban J connectivity index is 1.67. The van der Waals surface area contributed by atoms with Gasteiger partial charge in [-0.25, -0.2) is 0 Å². The van der Waals surface area contributed by atoms with Gasteiger partial charge in [-0.15, -0.1) is 10.2 Å². The zero-order valence-electron chi connectivity index (χ0n) is 15.7. The molecule has 2 heterocycles. The van der Waals surface area contributed by atoms with E-state index in [4.69, 9.17) is 0 Å². The highest BCUT2D eigenvalue weighted by molar-refractivity contribution is 5.79. The lowest BCUT2D eigenvalue weighted by Gasteiger charge is -2.32. The summed E-state index contributed by atoms with van der Waals surface area (Å²) in [4.78, 5) is 16.7. The van der Waals surface area contributed by atoms with Gasteiger partial charge in [0, 0.05) is 26.1 Å². The van der Waals surface area contributed by atoms with Crippen LogP contribution in [0.25, 0.3) is 0 Å². The molecule has 0 aliphatic carbocycles. The molecule has 0 unspecified atom stereocenters. The van der Waals surface area contributed by atoms with Gasteiger partial charge in [-0.05, 0) is 44.6 Å². The van der Waals surface area contributed by atoms with Crippen LogP contribution in [0.4, 0.5) is 0 Å². The van der Waals surface area contributed by atoms with Crippen LogP contribution in [0.15, 0.2) is 24.3 Å². The summed E-state index contributed by atoms with van der Waals surface area (Å²) >= 11 is 0. The maximum absolute atomic E-state index is 12.7. The number of phenols is 1. The number of hydrogen-bond donors (Lipinski definition) is 1. The fourth-order valence-electron chi connectivity index (χ4n) is 3.52. The Bertz CT molecular complexity index is 771. The standard InChI is InChI=1S/C19H27N5O2/c1-22(2)13-17-20-21-19(23(17)3)15-7-5-9-24(12-15)18(26)11-14-6-4-8-16(25)10-14/h4,6,8,10,15,25H,5,7,9,11-13H2,1-3H3/t15-/m0/s1. The molecule has 1 saturated heterocycles. The van der Waals surface area contributed by atoms with Crippen molar-refractivity contribution in [3.8, 4) is 5.75 Å². The zero-order chi connectivity index (χ0) is 18.7. The third kappa shape index (κ3) is 4.22. The molecule has 0 radical (unpaired) electrons. The van der Waals surface area contributed by atoms with Gasteiger partial charge in [0.1, 0.15) is 17.4 Å². The minimum absolute atomic E-state index is 0.0935. The summed E-state index contributed by atoms with van der Waals surface area (Å²) in [6.07, 6.45) is 2.29. The summed E-state index contributed by atoms with van der Waals surface area (Å²) in [5, 5.41) is 18.3. The summed E-state index contributed by atoms with van der Waals surface area (Å²) in [6, 6.07) is 6.90. The number of benzene rings is 1. The number of amides is 1. The van der Waals surface area contributed by atoms with Crippen molar-refractivity contribution in [2.75, 3.05) is 27.2 Å². The van der Waals surface area contributed by atoms with Crippen LogP contribution >= 0.6 is 0 Å². The second kappa shape index (κ2) is 7.86. The highest BCUT2D eigenvalue weighted by Crippen LogP contribution is 2.26. The number of nitrogens with zero attached hydrogens (tertiary/aromatic N) is 5. The first-order valence-corrected chi connectivity index (χ1v) is 9.02. The highest BCUT2D eigenvalue weighted by Gasteiger charge is 2.28. The first-order chi connectivity index (χ1) is 12.4. The Labute approximate surface area is 154 Å². The quantitative estimate of drug-likeness (QED) is 0.878. The molecule has 140 valence electrons. The summed E-state index contributed by atoms with van der Waals surface area (Å²) < 4.78 is 2.06. The van der Waals surface area contributed by atoms with Crippen LogP contribution in [-0.2, 0) is 24.8 Å². The van der Waals surface area contributed by atoms with E-state index in [0.29, 0.717) is 13.0 Å². The maximum atomic E-state index is 12.7. The minimum atomic E-state index is 0.0935. The van der Waals surface area contributed by atoms with Crippen molar-refractivity contribution >= 4 is 5.91 Å². The van der Waals surface area contributed by atoms with E-state index >= 15 is 0 Å². The largest absolute Gasteiger partial charge is 0.508 e. The van der Waals surface area contributed by atoms with E-state index in [1.54, 1.807) is 18.2 Å². The summed E-state index contributed by atoms with van der Waals surface area (Å²) in [5.74, 6) is 2.39. The van der Waals surface area contributed by atoms with Crippen LogP contribution in [0, 0.1) is 0 Å². The maximum Gasteiger partial charge on any atom is 0.227 e. The molecule has 1 aromatic heterocycles. The van der Waals surface area contributed by atoms with E-state index in [1.165, 1.54) is 0 Å². The molecule has 0 spiro atoms.